The zero-order valence-electron chi connectivity index (χ0n) is 18.1. The molecule has 0 saturated heterocycles. The number of esters is 1. The molecule has 28 heavy (non-hydrogen) atoms. The average Bonchev–Trinajstić information content (AvgIpc) is 2.66. The summed E-state index contributed by atoms with van der Waals surface area (Å²) in [6.07, 6.45) is 5.02. The zero-order valence-corrected chi connectivity index (χ0v) is 18.1. The van der Waals surface area contributed by atoms with Crippen molar-refractivity contribution < 1.29 is 9.53 Å². The van der Waals surface area contributed by atoms with E-state index in [1.54, 1.807) is 6.92 Å². The second-order valence-corrected chi connectivity index (χ2v) is 9.25. The van der Waals surface area contributed by atoms with Crippen molar-refractivity contribution in [1.29, 1.82) is 0 Å². The van der Waals surface area contributed by atoms with E-state index in [1.807, 2.05) is 24.3 Å². The van der Waals surface area contributed by atoms with Gasteiger partial charge in [-0.25, -0.2) is 0 Å². The van der Waals surface area contributed by atoms with Crippen molar-refractivity contribution in [3.63, 3.8) is 0 Å². The van der Waals surface area contributed by atoms with Crippen LogP contribution in [-0.4, -0.2) is 5.97 Å². The van der Waals surface area contributed by atoms with Crippen molar-refractivity contribution in [2.24, 2.45) is 0 Å². The van der Waals surface area contributed by atoms with Crippen LogP contribution in [0.4, 0.5) is 0 Å². The Bertz CT molecular complexity index is 899. The lowest BCUT2D eigenvalue weighted by Gasteiger charge is -2.42. The van der Waals surface area contributed by atoms with Gasteiger partial charge in [-0.3, -0.25) is 4.79 Å². The van der Waals surface area contributed by atoms with Crippen molar-refractivity contribution in [1.82, 2.24) is 0 Å². The Kier molecular flexibility index (Phi) is 5.52. The van der Waals surface area contributed by atoms with Crippen LogP contribution in [0, 0.1) is 0 Å². The van der Waals surface area contributed by atoms with Gasteiger partial charge in [0, 0.05) is 6.42 Å². The quantitative estimate of drug-likeness (QED) is 0.329. The molecule has 0 spiro atoms. The number of benzene rings is 2. The molecule has 2 aromatic rings. The van der Waals surface area contributed by atoms with Gasteiger partial charge in [0.05, 0.1) is 0 Å². The molecule has 3 rings (SSSR count). The van der Waals surface area contributed by atoms with E-state index >= 15 is 0 Å². The Labute approximate surface area is 169 Å². The summed E-state index contributed by atoms with van der Waals surface area (Å²) in [6.45, 7) is 13.4. The maximum atomic E-state index is 11.4. The van der Waals surface area contributed by atoms with Crippen molar-refractivity contribution in [2.45, 2.75) is 71.6 Å². The van der Waals surface area contributed by atoms with Crippen LogP contribution in [0.25, 0.3) is 11.6 Å². The minimum absolute atomic E-state index is 0.209. The fourth-order valence-corrected chi connectivity index (χ4v) is 4.00. The van der Waals surface area contributed by atoms with Gasteiger partial charge in [-0.1, -0.05) is 71.0 Å². The van der Waals surface area contributed by atoms with E-state index < -0.39 is 0 Å². The maximum Gasteiger partial charge on any atom is 0.310 e. The normalized spacial score (nSPS) is 17.7. The summed E-state index contributed by atoms with van der Waals surface area (Å²) in [5.41, 5.74) is 7.04. The number of carbonyl (C=O) groups excluding carboxylic acids is 1. The van der Waals surface area contributed by atoms with E-state index in [0.717, 1.165) is 5.56 Å². The Hall–Kier alpha value is -2.35. The highest BCUT2D eigenvalue weighted by Crippen LogP contribution is 2.46. The van der Waals surface area contributed by atoms with E-state index in [2.05, 4.69) is 58.9 Å². The molecule has 0 aromatic heterocycles. The first-order chi connectivity index (χ1) is 13.1. The van der Waals surface area contributed by atoms with E-state index in [1.165, 1.54) is 35.1 Å². The Morgan fingerprint density at radius 3 is 2.18 bits per heavy atom. The molecule has 0 unspecified atom stereocenters. The first-order valence-corrected chi connectivity index (χ1v) is 10.3. The summed E-state index contributed by atoms with van der Waals surface area (Å²) in [5, 5.41) is 0. The SMILES string of the molecule is CCC(=O)Oc1ccc(/C=C(\C)c2ccc3c(c2)C(C)(C)CCC3(C)C)cc1. The van der Waals surface area contributed by atoms with E-state index in [0.29, 0.717) is 12.2 Å². The highest BCUT2D eigenvalue weighted by atomic mass is 16.5. The summed E-state index contributed by atoms with van der Waals surface area (Å²) in [7, 11) is 0. The molecular weight excluding hydrogens is 344 g/mol. The molecular formula is C26H32O2. The minimum atomic E-state index is -0.209. The molecule has 0 atom stereocenters. The number of hydrogen-bond donors (Lipinski definition) is 0. The largest absolute Gasteiger partial charge is 0.427 e. The molecule has 0 aliphatic heterocycles. The fraction of sp³-hybridized carbons (Fsp3) is 0.423. The van der Waals surface area contributed by atoms with Gasteiger partial charge in [0.15, 0.2) is 0 Å². The highest BCUT2D eigenvalue weighted by Gasteiger charge is 2.36. The lowest BCUT2D eigenvalue weighted by molar-refractivity contribution is -0.134. The maximum absolute atomic E-state index is 11.4. The predicted octanol–water partition coefficient (Wildman–Crippen LogP) is 6.91. The van der Waals surface area contributed by atoms with Crippen LogP contribution >= 0.6 is 0 Å². The fourth-order valence-electron chi connectivity index (χ4n) is 4.00. The van der Waals surface area contributed by atoms with Gasteiger partial charge in [0.25, 0.3) is 0 Å². The second-order valence-electron chi connectivity index (χ2n) is 9.25. The molecule has 1 aliphatic rings. The summed E-state index contributed by atoms with van der Waals surface area (Å²) in [6, 6.07) is 14.7. The highest BCUT2D eigenvalue weighted by molar-refractivity contribution is 5.81. The number of allylic oxidation sites excluding steroid dienone is 1. The first kappa shape index (κ1) is 20.4. The van der Waals surface area contributed by atoms with Gasteiger partial charge in [-0.05, 0) is 70.6 Å². The van der Waals surface area contributed by atoms with Crippen LogP contribution in [-0.2, 0) is 15.6 Å². The third-order valence-corrected chi connectivity index (χ3v) is 6.09. The number of fused-ring (bicyclic) bond motifs is 1. The van der Waals surface area contributed by atoms with Gasteiger partial charge in [0.2, 0.25) is 0 Å². The molecule has 0 radical (unpaired) electrons. The molecule has 0 amide bonds. The van der Waals surface area contributed by atoms with Gasteiger partial charge in [-0.15, -0.1) is 0 Å². The molecule has 2 nitrogen and oxygen atoms in total. The van der Waals surface area contributed by atoms with Crippen molar-refractivity contribution >= 4 is 17.6 Å². The third kappa shape index (κ3) is 4.22. The number of carbonyl (C=O) groups is 1. The van der Waals surface area contributed by atoms with Gasteiger partial charge < -0.3 is 4.74 Å². The molecule has 0 heterocycles. The summed E-state index contributed by atoms with van der Waals surface area (Å²) < 4.78 is 5.25. The van der Waals surface area contributed by atoms with Gasteiger partial charge >= 0.3 is 5.97 Å². The lowest BCUT2D eigenvalue weighted by atomic mass is 9.63. The first-order valence-electron chi connectivity index (χ1n) is 10.3. The van der Waals surface area contributed by atoms with E-state index in [4.69, 9.17) is 4.74 Å². The Morgan fingerprint density at radius 1 is 0.964 bits per heavy atom. The molecule has 1 aliphatic carbocycles. The van der Waals surface area contributed by atoms with Crippen molar-refractivity contribution in [3.05, 3.63) is 64.7 Å². The molecule has 0 saturated carbocycles. The summed E-state index contributed by atoms with van der Waals surface area (Å²) >= 11 is 0. The van der Waals surface area contributed by atoms with Crippen LogP contribution < -0.4 is 4.74 Å². The van der Waals surface area contributed by atoms with Crippen LogP contribution in [0.2, 0.25) is 0 Å². The number of hydrogen-bond acceptors (Lipinski definition) is 2. The third-order valence-electron chi connectivity index (χ3n) is 6.09. The monoisotopic (exact) mass is 376 g/mol. The molecule has 2 aromatic carbocycles. The number of ether oxygens (including phenoxy) is 1. The smallest absolute Gasteiger partial charge is 0.310 e. The van der Waals surface area contributed by atoms with Crippen LogP contribution in [0.3, 0.4) is 0 Å². The predicted molar refractivity (Wildman–Crippen MR) is 118 cm³/mol. The molecule has 0 N–H and O–H groups in total. The van der Waals surface area contributed by atoms with Gasteiger partial charge in [-0.2, -0.15) is 0 Å². The van der Waals surface area contributed by atoms with E-state index in [9.17, 15) is 4.79 Å². The van der Waals surface area contributed by atoms with Crippen molar-refractivity contribution in [2.75, 3.05) is 0 Å². The summed E-state index contributed by atoms with van der Waals surface area (Å²) in [4.78, 5) is 11.4. The molecule has 148 valence electrons. The minimum Gasteiger partial charge on any atom is -0.427 e. The zero-order chi connectivity index (χ0) is 20.5. The lowest BCUT2D eigenvalue weighted by Crippen LogP contribution is -2.33. The van der Waals surface area contributed by atoms with Crippen LogP contribution in [0.15, 0.2) is 42.5 Å². The van der Waals surface area contributed by atoms with E-state index in [-0.39, 0.29) is 16.8 Å². The van der Waals surface area contributed by atoms with Crippen LogP contribution in [0.5, 0.6) is 5.75 Å². The topological polar surface area (TPSA) is 26.3 Å². The molecule has 2 heteroatoms. The Balaban J connectivity index is 1.89. The van der Waals surface area contributed by atoms with Crippen molar-refractivity contribution in [3.8, 4) is 5.75 Å². The summed E-state index contributed by atoms with van der Waals surface area (Å²) in [5.74, 6) is 0.387. The average molecular weight is 377 g/mol. The standard InChI is InChI=1S/C26H32O2/c1-7-24(27)28-21-11-8-19(9-12-21)16-18(2)20-10-13-22-23(17-20)26(5,6)15-14-25(22,3)4/h8-13,16-17H,7,14-15H2,1-6H3/b18-16+. The van der Waals surface area contributed by atoms with Gasteiger partial charge in [0.1, 0.15) is 5.75 Å². The second kappa shape index (κ2) is 7.58. The van der Waals surface area contributed by atoms with Crippen LogP contribution in [0.1, 0.15) is 83.1 Å². The Morgan fingerprint density at radius 2 is 1.57 bits per heavy atom. The molecule has 0 fully saturated rings. The number of rotatable bonds is 4. The molecule has 0 bridgehead atoms.